The van der Waals surface area contributed by atoms with Crippen molar-refractivity contribution in [2.75, 3.05) is 18.0 Å². The third-order valence-electron chi connectivity index (χ3n) is 5.28. The summed E-state index contributed by atoms with van der Waals surface area (Å²) in [4.78, 5) is 26.6. The van der Waals surface area contributed by atoms with Gasteiger partial charge in [-0.2, -0.15) is 5.10 Å². The number of aromatic nitrogens is 2. The van der Waals surface area contributed by atoms with Crippen molar-refractivity contribution in [1.29, 1.82) is 0 Å². The number of hydrogen-bond acceptors (Lipinski definition) is 4. The molecule has 1 aromatic heterocycles. The number of nitrogens with zero attached hydrogens (tertiary/aromatic N) is 4. The van der Waals surface area contributed by atoms with E-state index in [9.17, 15) is 9.59 Å². The Morgan fingerprint density at radius 1 is 1.00 bits per heavy atom. The second-order valence-corrected chi connectivity index (χ2v) is 7.09. The minimum absolute atomic E-state index is 0.0743. The predicted molar refractivity (Wildman–Crippen MR) is 111 cm³/mol. The van der Waals surface area contributed by atoms with Crippen LogP contribution in [0.4, 0.5) is 5.69 Å². The van der Waals surface area contributed by atoms with Crippen LogP contribution < -0.4 is 16.0 Å². The zero-order valence-corrected chi connectivity index (χ0v) is 16.1. The van der Waals surface area contributed by atoms with Gasteiger partial charge in [0.25, 0.3) is 5.91 Å². The third-order valence-corrected chi connectivity index (χ3v) is 5.28. The van der Waals surface area contributed by atoms with E-state index in [1.807, 2.05) is 42.5 Å². The van der Waals surface area contributed by atoms with Crippen LogP contribution in [0.5, 0.6) is 0 Å². The highest BCUT2D eigenvalue weighted by molar-refractivity contribution is 5.95. The van der Waals surface area contributed by atoms with Crippen molar-refractivity contribution >= 4 is 28.8 Å². The molecule has 3 aromatic rings. The SMILES string of the molecule is Cn1c(=O)n(C)c2cc(/C=N\NC(=O)c3ccc(N4CCCC4)cc3)ccc21. The standard InChI is InChI=1S/C21H23N5O2/c1-24-18-10-5-15(13-19(18)25(2)21(24)28)14-22-23-20(27)16-6-8-17(9-7-16)26-11-3-4-12-26/h5-10,13-14H,3-4,11-12H2,1-2H3,(H,23,27)/b22-14-. The molecule has 0 radical (unpaired) electrons. The molecule has 1 N–H and O–H groups in total. The number of nitrogens with one attached hydrogen (secondary N) is 1. The summed E-state index contributed by atoms with van der Waals surface area (Å²) in [5.41, 5.74) is 6.68. The Kier molecular flexibility index (Phi) is 4.73. The molecule has 2 heterocycles. The molecule has 0 saturated carbocycles. The number of aryl methyl sites for hydroxylation is 2. The highest BCUT2D eigenvalue weighted by Crippen LogP contribution is 2.20. The summed E-state index contributed by atoms with van der Waals surface area (Å²) in [6.45, 7) is 2.15. The number of hydrogen-bond donors (Lipinski definition) is 1. The molecule has 1 aliphatic heterocycles. The fourth-order valence-electron chi connectivity index (χ4n) is 3.63. The van der Waals surface area contributed by atoms with Crippen molar-refractivity contribution in [3.63, 3.8) is 0 Å². The van der Waals surface area contributed by atoms with Crippen molar-refractivity contribution in [2.45, 2.75) is 12.8 Å². The quantitative estimate of drug-likeness (QED) is 0.560. The number of anilines is 1. The summed E-state index contributed by atoms with van der Waals surface area (Å²) in [5.74, 6) is -0.252. The highest BCUT2D eigenvalue weighted by Gasteiger charge is 2.13. The Bertz CT molecular complexity index is 1100. The second-order valence-electron chi connectivity index (χ2n) is 7.09. The number of benzene rings is 2. The molecule has 1 amide bonds. The normalized spacial score (nSPS) is 14.3. The first-order valence-corrected chi connectivity index (χ1v) is 9.38. The molecular weight excluding hydrogens is 354 g/mol. The van der Waals surface area contributed by atoms with E-state index in [1.165, 1.54) is 12.8 Å². The van der Waals surface area contributed by atoms with Crippen molar-refractivity contribution in [1.82, 2.24) is 14.6 Å². The Hall–Kier alpha value is -3.35. The third kappa shape index (κ3) is 3.31. The lowest BCUT2D eigenvalue weighted by molar-refractivity contribution is 0.0955. The molecular formula is C21H23N5O2. The van der Waals surface area contributed by atoms with Gasteiger partial charge in [0.1, 0.15) is 0 Å². The van der Waals surface area contributed by atoms with Crippen molar-refractivity contribution in [2.24, 2.45) is 19.2 Å². The van der Waals surface area contributed by atoms with Crippen LogP contribution in [0.2, 0.25) is 0 Å². The smallest absolute Gasteiger partial charge is 0.328 e. The lowest BCUT2D eigenvalue weighted by Gasteiger charge is -2.17. The zero-order valence-electron chi connectivity index (χ0n) is 16.1. The summed E-state index contributed by atoms with van der Waals surface area (Å²) < 4.78 is 3.19. The fraction of sp³-hybridized carbons (Fsp3) is 0.286. The van der Waals surface area contributed by atoms with Gasteiger partial charge in [-0.3, -0.25) is 13.9 Å². The number of rotatable bonds is 4. The molecule has 0 aliphatic carbocycles. The van der Waals surface area contributed by atoms with Crippen LogP contribution in [0.15, 0.2) is 52.4 Å². The minimum atomic E-state index is -0.252. The molecule has 2 aromatic carbocycles. The first kappa shape index (κ1) is 18.0. The first-order valence-electron chi connectivity index (χ1n) is 9.38. The largest absolute Gasteiger partial charge is 0.372 e. The van der Waals surface area contributed by atoms with Crippen LogP contribution in [0.25, 0.3) is 11.0 Å². The Morgan fingerprint density at radius 3 is 2.39 bits per heavy atom. The van der Waals surface area contributed by atoms with E-state index in [1.54, 1.807) is 29.4 Å². The first-order chi connectivity index (χ1) is 13.5. The van der Waals surface area contributed by atoms with Gasteiger partial charge in [-0.15, -0.1) is 0 Å². The van der Waals surface area contributed by atoms with Gasteiger partial charge < -0.3 is 4.90 Å². The van der Waals surface area contributed by atoms with E-state index in [0.717, 1.165) is 35.4 Å². The molecule has 0 unspecified atom stereocenters. The van der Waals surface area contributed by atoms with E-state index in [4.69, 9.17) is 0 Å². The van der Waals surface area contributed by atoms with Gasteiger partial charge in [0.15, 0.2) is 0 Å². The Morgan fingerprint density at radius 2 is 1.68 bits per heavy atom. The van der Waals surface area contributed by atoms with Crippen LogP contribution in [0.3, 0.4) is 0 Å². The van der Waals surface area contributed by atoms with Crippen molar-refractivity contribution < 1.29 is 4.79 Å². The van der Waals surface area contributed by atoms with Gasteiger partial charge in [-0.25, -0.2) is 10.2 Å². The number of imidazole rings is 1. The molecule has 0 bridgehead atoms. The maximum absolute atomic E-state index is 12.3. The predicted octanol–water partition coefficient (Wildman–Crippen LogP) is 2.24. The van der Waals surface area contributed by atoms with Gasteiger partial charge in [-0.1, -0.05) is 6.07 Å². The summed E-state index contributed by atoms with van der Waals surface area (Å²) in [6.07, 6.45) is 4.02. The number of amides is 1. The van der Waals surface area contributed by atoms with Crippen LogP contribution in [0, 0.1) is 0 Å². The molecule has 1 fully saturated rings. The van der Waals surface area contributed by atoms with Crippen LogP contribution in [0.1, 0.15) is 28.8 Å². The zero-order chi connectivity index (χ0) is 19.7. The van der Waals surface area contributed by atoms with Gasteiger partial charge in [0.2, 0.25) is 0 Å². The van der Waals surface area contributed by atoms with E-state index in [-0.39, 0.29) is 11.6 Å². The van der Waals surface area contributed by atoms with Crippen molar-refractivity contribution in [3.05, 3.63) is 64.1 Å². The number of carbonyl (C=O) groups is 1. The Labute approximate surface area is 162 Å². The van der Waals surface area contributed by atoms with E-state index < -0.39 is 0 Å². The molecule has 28 heavy (non-hydrogen) atoms. The monoisotopic (exact) mass is 377 g/mol. The highest BCUT2D eigenvalue weighted by atomic mass is 16.2. The second kappa shape index (κ2) is 7.34. The van der Waals surface area contributed by atoms with Crippen LogP contribution in [-0.4, -0.2) is 34.3 Å². The van der Waals surface area contributed by atoms with E-state index in [0.29, 0.717) is 5.56 Å². The van der Waals surface area contributed by atoms with Gasteiger partial charge in [0.05, 0.1) is 17.2 Å². The molecule has 1 aliphatic rings. The van der Waals surface area contributed by atoms with Crippen LogP contribution >= 0.6 is 0 Å². The molecule has 7 nitrogen and oxygen atoms in total. The van der Waals surface area contributed by atoms with Gasteiger partial charge >= 0.3 is 5.69 Å². The fourth-order valence-corrected chi connectivity index (χ4v) is 3.63. The summed E-state index contributed by atoms with van der Waals surface area (Å²) in [7, 11) is 3.48. The minimum Gasteiger partial charge on any atom is -0.372 e. The maximum Gasteiger partial charge on any atom is 0.328 e. The Balaban J connectivity index is 1.44. The average molecular weight is 377 g/mol. The molecule has 4 rings (SSSR count). The van der Waals surface area contributed by atoms with Gasteiger partial charge in [0, 0.05) is 38.4 Å². The lowest BCUT2D eigenvalue weighted by atomic mass is 10.2. The van der Waals surface area contributed by atoms with Crippen LogP contribution in [-0.2, 0) is 14.1 Å². The number of fused-ring (bicyclic) bond motifs is 1. The topological polar surface area (TPSA) is 71.6 Å². The summed E-state index contributed by atoms with van der Waals surface area (Å²) in [5, 5.41) is 4.05. The average Bonchev–Trinajstić information content (AvgIpc) is 3.33. The van der Waals surface area contributed by atoms with Gasteiger partial charge in [-0.05, 0) is 54.8 Å². The maximum atomic E-state index is 12.3. The molecule has 7 heteroatoms. The van der Waals surface area contributed by atoms with Crippen molar-refractivity contribution in [3.8, 4) is 0 Å². The summed E-state index contributed by atoms with van der Waals surface area (Å²) >= 11 is 0. The molecule has 0 atom stereocenters. The molecule has 144 valence electrons. The summed E-state index contributed by atoms with van der Waals surface area (Å²) in [6, 6.07) is 13.2. The molecule has 1 saturated heterocycles. The lowest BCUT2D eigenvalue weighted by Crippen LogP contribution is -2.19. The van der Waals surface area contributed by atoms with E-state index in [2.05, 4.69) is 15.4 Å². The number of carbonyl (C=O) groups excluding carboxylic acids is 1. The number of hydrazone groups is 1. The molecule has 0 spiro atoms. The van der Waals surface area contributed by atoms with E-state index >= 15 is 0 Å².